The molecule has 0 aliphatic heterocycles. The highest BCUT2D eigenvalue weighted by atomic mass is 16.5. The molecule has 4 aromatic rings. The molecule has 2 N–H and O–H groups in total. The summed E-state index contributed by atoms with van der Waals surface area (Å²) in [5.74, 6) is 0.296. The molecule has 0 radical (unpaired) electrons. The predicted octanol–water partition coefficient (Wildman–Crippen LogP) is 4.82. The largest absolute Gasteiger partial charge is 0.491 e. The van der Waals surface area contributed by atoms with Gasteiger partial charge in [0, 0.05) is 11.1 Å². The van der Waals surface area contributed by atoms with Crippen molar-refractivity contribution in [3.63, 3.8) is 0 Å². The second-order valence-corrected chi connectivity index (χ2v) is 8.40. The van der Waals surface area contributed by atoms with Crippen molar-refractivity contribution in [2.24, 2.45) is 0 Å². The Morgan fingerprint density at radius 3 is 2.26 bits per heavy atom. The van der Waals surface area contributed by atoms with Gasteiger partial charge in [-0.3, -0.25) is 9.59 Å². The van der Waals surface area contributed by atoms with E-state index >= 15 is 0 Å². The number of aliphatic hydroxyl groups is 2. The molecule has 1 atom stereocenters. The van der Waals surface area contributed by atoms with Crippen LogP contribution in [0.5, 0.6) is 5.75 Å². The maximum absolute atomic E-state index is 12.6. The molecule has 0 bridgehead atoms. The molecule has 0 spiro atoms. The number of fused-ring (bicyclic) bond motifs is 5. The van der Waals surface area contributed by atoms with Crippen molar-refractivity contribution in [1.29, 1.82) is 0 Å². The third-order valence-electron chi connectivity index (χ3n) is 5.83. The van der Waals surface area contributed by atoms with Gasteiger partial charge in [0.25, 0.3) is 0 Å². The summed E-state index contributed by atoms with van der Waals surface area (Å²) in [6, 6.07) is 17.2. The van der Waals surface area contributed by atoms with E-state index < -0.39 is 17.7 Å². The van der Waals surface area contributed by atoms with Gasteiger partial charge in [0.05, 0.1) is 18.4 Å². The number of rotatable bonds is 4. The molecule has 0 saturated carbocycles. The first-order valence-corrected chi connectivity index (χ1v) is 11.0. The molecule has 1 heterocycles. The van der Waals surface area contributed by atoms with Gasteiger partial charge >= 0.3 is 0 Å². The number of carbonyl (C=O) groups excluding carboxylic acids is 2. The van der Waals surface area contributed by atoms with Gasteiger partial charge in [-0.15, -0.1) is 0 Å². The second-order valence-electron chi connectivity index (χ2n) is 8.40. The molecule has 1 unspecified atom stereocenters. The van der Waals surface area contributed by atoms with Gasteiger partial charge in [-0.05, 0) is 60.9 Å². The summed E-state index contributed by atoms with van der Waals surface area (Å²) in [7, 11) is 0. The van der Waals surface area contributed by atoms with Crippen LogP contribution >= 0.6 is 0 Å². The van der Waals surface area contributed by atoms with Crippen molar-refractivity contribution >= 4 is 22.3 Å². The molecular weight excluding hydrogens is 432 g/mol. The first kappa shape index (κ1) is 23.4. The van der Waals surface area contributed by atoms with Crippen molar-refractivity contribution < 1.29 is 29.0 Å². The van der Waals surface area contributed by atoms with E-state index in [-0.39, 0.29) is 13.2 Å². The maximum atomic E-state index is 12.6. The van der Waals surface area contributed by atoms with Gasteiger partial charge in [0.2, 0.25) is 11.6 Å². The van der Waals surface area contributed by atoms with Crippen LogP contribution in [0.3, 0.4) is 0 Å². The fraction of sp³-hybridized carbons (Fsp3) is 0.214. The lowest BCUT2D eigenvalue weighted by atomic mass is 9.84. The van der Waals surface area contributed by atoms with Gasteiger partial charge in [-0.2, -0.15) is 0 Å². The second kappa shape index (κ2) is 9.63. The number of hydrogen-bond donors (Lipinski definition) is 2. The normalized spacial score (nSPS) is 13.1. The molecule has 6 heteroatoms. The molecule has 0 amide bonds. The number of aryl methyl sites for hydroxylation is 3. The number of ether oxygens (including phenoxy) is 1. The monoisotopic (exact) mass is 458 g/mol. The van der Waals surface area contributed by atoms with E-state index in [1.807, 2.05) is 68.4 Å². The lowest BCUT2D eigenvalue weighted by Crippen LogP contribution is -2.21. The summed E-state index contributed by atoms with van der Waals surface area (Å²) in [4.78, 5) is 24.9. The Morgan fingerprint density at radius 2 is 1.56 bits per heavy atom. The quantitative estimate of drug-likeness (QED) is 0.426. The van der Waals surface area contributed by atoms with Crippen LogP contribution in [0.2, 0.25) is 0 Å². The Kier molecular flexibility index (Phi) is 6.63. The van der Waals surface area contributed by atoms with Crippen LogP contribution in [0.15, 0.2) is 65.3 Å². The summed E-state index contributed by atoms with van der Waals surface area (Å²) in [5, 5.41) is 19.3. The molecule has 0 saturated heterocycles. The molecule has 5 rings (SSSR count). The van der Waals surface area contributed by atoms with Crippen molar-refractivity contribution in [3.05, 3.63) is 88.7 Å². The fourth-order valence-electron chi connectivity index (χ4n) is 3.98. The smallest absolute Gasteiger partial charge is 0.237 e. The van der Waals surface area contributed by atoms with E-state index in [1.165, 1.54) is 6.26 Å². The number of benzene rings is 3. The van der Waals surface area contributed by atoms with Crippen LogP contribution in [0.1, 0.15) is 37.4 Å². The topological polar surface area (TPSA) is 97.0 Å². The molecule has 3 aromatic carbocycles. The first-order chi connectivity index (χ1) is 16.3. The minimum Gasteiger partial charge on any atom is -0.491 e. The number of hydrogen-bond acceptors (Lipinski definition) is 6. The summed E-state index contributed by atoms with van der Waals surface area (Å²) < 4.78 is 10.7. The number of carbonyl (C=O) groups is 2. The molecule has 1 aliphatic carbocycles. The molecule has 174 valence electrons. The molecule has 6 nitrogen and oxygen atoms in total. The molecule has 0 fully saturated rings. The van der Waals surface area contributed by atoms with Crippen LogP contribution in [-0.4, -0.2) is 41.1 Å². The minimum atomic E-state index is -0.804. The zero-order valence-corrected chi connectivity index (χ0v) is 19.3. The van der Waals surface area contributed by atoms with Crippen LogP contribution < -0.4 is 4.74 Å². The summed E-state index contributed by atoms with van der Waals surface area (Å²) in [6.07, 6.45) is 0.729. The van der Waals surface area contributed by atoms with Gasteiger partial charge in [-0.1, -0.05) is 42.0 Å². The summed E-state index contributed by atoms with van der Waals surface area (Å²) in [6.45, 7) is 5.62. The number of aliphatic hydroxyl groups excluding tert-OH is 2. The van der Waals surface area contributed by atoms with E-state index in [1.54, 1.807) is 6.92 Å². The average molecular weight is 459 g/mol. The van der Waals surface area contributed by atoms with E-state index in [0.29, 0.717) is 33.8 Å². The highest BCUT2D eigenvalue weighted by molar-refractivity contribution is 6.54. The summed E-state index contributed by atoms with van der Waals surface area (Å²) >= 11 is 0. The van der Waals surface area contributed by atoms with E-state index in [4.69, 9.17) is 19.4 Å². The third-order valence-corrected chi connectivity index (χ3v) is 5.83. The van der Waals surface area contributed by atoms with Crippen molar-refractivity contribution in [3.8, 4) is 17.1 Å². The predicted molar refractivity (Wildman–Crippen MR) is 130 cm³/mol. The fourth-order valence-corrected chi connectivity index (χ4v) is 3.98. The van der Waals surface area contributed by atoms with Gasteiger partial charge in [0.1, 0.15) is 24.2 Å². The number of Topliss-reactive ketones (excluding diaryl/α,β-unsaturated/α-hetero) is 2. The first-order valence-electron chi connectivity index (χ1n) is 11.0. The van der Waals surface area contributed by atoms with Gasteiger partial charge in [-0.25, -0.2) is 0 Å². The maximum Gasteiger partial charge on any atom is 0.237 e. The van der Waals surface area contributed by atoms with E-state index in [2.05, 4.69) is 0 Å². The Balaban J connectivity index is 0.000000182. The summed E-state index contributed by atoms with van der Waals surface area (Å²) in [5.41, 5.74) is 4.52. The van der Waals surface area contributed by atoms with Crippen LogP contribution in [0, 0.1) is 20.8 Å². The number of ketones is 2. The molecule has 1 aromatic heterocycles. The Labute approximate surface area is 197 Å². The van der Waals surface area contributed by atoms with Gasteiger partial charge < -0.3 is 19.4 Å². The SMILES string of the molecule is Cc1ccc(OCC(O)CO)cc1.Cc1coc2c1C(=O)C(=O)c1c-2ccc2c(C)cccc12. The van der Waals surface area contributed by atoms with Crippen molar-refractivity contribution in [1.82, 2.24) is 0 Å². The molecule has 34 heavy (non-hydrogen) atoms. The van der Waals surface area contributed by atoms with E-state index in [0.717, 1.165) is 21.9 Å². The lowest BCUT2D eigenvalue weighted by molar-refractivity contribution is 0.0536. The lowest BCUT2D eigenvalue weighted by Gasteiger charge is -2.16. The van der Waals surface area contributed by atoms with Crippen LogP contribution in [0.25, 0.3) is 22.1 Å². The highest BCUT2D eigenvalue weighted by Crippen LogP contribution is 2.40. The Morgan fingerprint density at radius 1 is 0.853 bits per heavy atom. The highest BCUT2D eigenvalue weighted by Gasteiger charge is 2.35. The van der Waals surface area contributed by atoms with Crippen molar-refractivity contribution in [2.45, 2.75) is 26.9 Å². The average Bonchev–Trinajstić information content (AvgIpc) is 3.23. The molecular formula is C28H26O6. The van der Waals surface area contributed by atoms with E-state index in [9.17, 15) is 9.59 Å². The number of furan rings is 1. The third kappa shape index (κ3) is 4.38. The van der Waals surface area contributed by atoms with Crippen LogP contribution in [-0.2, 0) is 0 Å². The zero-order chi connectivity index (χ0) is 24.4. The van der Waals surface area contributed by atoms with Crippen molar-refractivity contribution in [2.75, 3.05) is 13.2 Å². The zero-order valence-electron chi connectivity index (χ0n) is 19.3. The van der Waals surface area contributed by atoms with Crippen LogP contribution in [0.4, 0.5) is 0 Å². The van der Waals surface area contributed by atoms with Gasteiger partial charge in [0.15, 0.2) is 0 Å². The standard InChI is InChI=1S/C18H12O3.C10H14O3/c1-9-4-3-5-12-11(9)6-7-13-15(12)17(20)16(19)14-10(2)8-21-18(13)14;1-8-2-4-10(5-3-8)13-7-9(12)6-11/h3-8H,1-2H3;2-5,9,11-12H,6-7H2,1H3. The molecule has 1 aliphatic rings. The Bertz CT molecular complexity index is 1360. The minimum absolute atomic E-state index is 0.125. The Hall–Kier alpha value is -3.74.